The molecule has 1 N–H and O–H groups in total. The minimum absolute atomic E-state index is 0.268. The van der Waals surface area contributed by atoms with Crippen molar-refractivity contribution in [3.63, 3.8) is 0 Å². The van der Waals surface area contributed by atoms with Gasteiger partial charge < -0.3 is 5.32 Å². The molecule has 0 aliphatic heterocycles. The lowest BCUT2D eigenvalue weighted by atomic mass is 10.1. The lowest BCUT2D eigenvalue weighted by molar-refractivity contribution is 0.205. The van der Waals surface area contributed by atoms with Gasteiger partial charge in [0.1, 0.15) is 5.83 Å². The Balaban J connectivity index is 2.82. The van der Waals surface area contributed by atoms with Crippen molar-refractivity contribution in [2.24, 2.45) is 0 Å². The van der Waals surface area contributed by atoms with Gasteiger partial charge in [0.15, 0.2) is 12.3 Å². The van der Waals surface area contributed by atoms with Gasteiger partial charge in [-0.25, -0.2) is 13.2 Å². The predicted molar refractivity (Wildman–Crippen MR) is 36.1 cm³/mol. The van der Waals surface area contributed by atoms with Crippen LogP contribution in [0, 0.1) is 0 Å². The van der Waals surface area contributed by atoms with Crippen LogP contribution < -0.4 is 5.32 Å². The normalized spacial score (nSPS) is 30.9. The maximum absolute atomic E-state index is 12.5. The molecule has 4 heteroatoms. The number of alkyl halides is 2. The number of hydrogen-bond acceptors (Lipinski definition) is 1. The second-order valence-electron chi connectivity index (χ2n) is 2.25. The molecule has 1 rings (SSSR count). The lowest BCUT2D eigenvalue weighted by Gasteiger charge is -2.15. The average molecular weight is 163 g/mol. The maximum atomic E-state index is 12.5. The van der Waals surface area contributed by atoms with Crippen LogP contribution in [-0.4, -0.2) is 19.4 Å². The molecule has 0 spiro atoms. The molecule has 1 nitrogen and oxygen atoms in total. The van der Waals surface area contributed by atoms with Crippen LogP contribution in [-0.2, 0) is 0 Å². The van der Waals surface area contributed by atoms with Crippen molar-refractivity contribution in [2.45, 2.75) is 12.3 Å². The van der Waals surface area contributed by atoms with Crippen molar-refractivity contribution in [3.05, 3.63) is 23.7 Å². The van der Waals surface area contributed by atoms with Crippen molar-refractivity contribution < 1.29 is 13.2 Å². The number of likely N-dealkylation sites (N-methyl/N-ethyl adjacent to an activating group) is 1. The van der Waals surface area contributed by atoms with E-state index in [1.807, 2.05) is 0 Å². The topological polar surface area (TPSA) is 12.0 Å². The third-order valence-corrected chi connectivity index (χ3v) is 1.46. The van der Waals surface area contributed by atoms with Gasteiger partial charge in [-0.2, -0.15) is 0 Å². The van der Waals surface area contributed by atoms with E-state index in [1.165, 1.54) is 7.05 Å². The fourth-order valence-corrected chi connectivity index (χ4v) is 0.840. The van der Waals surface area contributed by atoms with E-state index in [4.69, 9.17) is 0 Å². The first-order chi connectivity index (χ1) is 5.15. The predicted octanol–water partition coefficient (Wildman–Crippen LogP) is 1.63. The van der Waals surface area contributed by atoms with Gasteiger partial charge in [-0.05, 0) is 12.2 Å². The van der Waals surface area contributed by atoms with Gasteiger partial charge in [-0.15, -0.1) is 0 Å². The van der Waals surface area contributed by atoms with Crippen molar-refractivity contribution in [3.8, 4) is 0 Å². The van der Waals surface area contributed by atoms with Crippen LogP contribution in [0.1, 0.15) is 0 Å². The molecule has 0 saturated heterocycles. The van der Waals surface area contributed by atoms with Crippen molar-refractivity contribution >= 4 is 0 Å². The number of halogens is 3. The van der Waals surface area contributed by atoms with E-state index >= 15 is 0 Å². The first-order valence-corrected chi connectivity index (χ1v) is 3.20. The highest BCUT2D eigenvalue weighted by Gasteiger charge is 2.27. The quantitative estimate of drug-likeness (QED) is 0.619. The Bertz CT molecular complexity index is 210. The molecule has 1 aliphatic carbocycles. The summed E-state index contributed by atoms with van der Waals surface area (Å²) in [6, 6.07) is 0. The molecule has 0 amide bonds. The van der Waals surface area contributed by atoms with E-state index in [1.54, 1.807) is 0 Å². The molecule has 0 bridgehead atoms. The minimum Gasteiger partial charge on any atom is -0.388 e. The molecule has 2 unspecified atom stereocenters. The number of nitrogens with one attached hydrogen (secondary N) is 1. The van der Waals surface area contributed by atoms with Crippen LogP contribution in [0.15, 0.2) is 23.7 Å². The maximum Gasteiger partial charge on any atom is 0.186 e. The smallest absolute Gasteiger partial charge is 0.186 e. The summed E-state index contributed by atoms with van der Waals surface area (Å²) in [6.07, 6.45) is -2.05. The van der Waals surface area contributed by atoms with Crippen LogP contribution >= 0.6 is 0 Å². The highest BCUT2D eigenvalue weighted by atomic mass is 19.2. The molecule has 0 heterocycles. The molecular formula is C7H8F3N. The Morgan fingerprint density at radius 2 is 2.09 bits per heavy atom. The molecule has 0 aromatic carbocycles. The van der Waals surface area contributed by atoms with Crippen molar-refractivity contribution in [2.75, 3.05) is 7.05 Å². The Labute approximate surface area is 62.6 Å². The fraction of sp³-hybridized carbons (Fsp3) is 0.429. The van der Waals surface area contributed by atoms with E-state index in [9.17, 15) is 13.2 Å². The second kappa shape index (κ2) is 2.98. The zero-order chi connectivity index (χ0) is 8.43. The molecule has 0 fully saturated rings. The largest absolute Gasteiger partial charge is 0.388 e. The minimum atomic E-state index is -2.13. The first kappa shape index (κ1) is 8.17. The van der Waals surface area contributed by atoms with E-state index in [-0.39, 0.29) is 5.70 Å². The summed E-state index contributed by atoms with van der Waals surface area (Å²) in [5.41, 5.74) is 0.268. The molecule has 0 radical (unpaired) electrons. The highest BCUT2D eigenvalue weighted by Crippen LogP contribution is 2.22. The Kier molecular flexibility index (Phi) is 2.22. The molecule has 0 saturated carbocycles. The zero-order valence-electron chi connectivity index (χ0n) is 5.94. The second-order valence-corrected chi connectivity index (χ2v) is 2.25. The van der Waals surface area contributed by atoms with E-state index in [0.717, 1.165) is 12.2 Å². The van der Waals surface area contributed by atoms with Gasteiger partial charge in [-0.3, -0.25) is 0 Å². The number of allylic oxidation sites excluding steroid dienone is 3. The monoisotopic (exact) mass is 163 g/mol. The molecule has 0 aromatic rings. The summed E-state index contributed by atoms with van der Waals surface area (Å²) in [6.45, 7) is 0. The van der Waals surface area contributed by atoms with Gasteiger partial charge in [0.25, 0.3) is 0 Å². The van der Waals surface area contributed by atoms with Gasteiger partial charge in [-0.1, -0.05) is 0 Å². The number of rotatable bonds is 1. The van der Waals surface area contributed by atoms with Gasteiger partial charge in [0.2, 0.25) is 0 Å². The van der Waals surface area contributed by atoms with Crippen LogP contribution in [0.25, 0.3) is 0 Å². The summed E-state index contributed by atoms with van der Waals surface area (Å²) in [7, 11) is 1.51. The fourth-order valence-electron chi connectivity index (χ4n) is 0.840. The first-order valence-electron chi connectivity index (χ1n) is 3.20. The Hall–Kier alpha value is -0.930. The van der Waals surface area contributed by atoms with Crippen molar-refractivity contribution in [1.82, 2.24) is 5.32 Å². The van der Waals surface area contributed by atoms with Crippen LogP contribution in [0.5, 0.6) is 0 Å². The average Bonchev–Trinajstić information content (AvgIpc) is 1.99. The van der Waals surface area contributed by atoms with Gasteiger partial charge in [0, 0.05) is 12.7 Å². The summed E-state index contributed by atoms with van der Waals surface area (Å²) in [4.78, 5) is 0. The summed E-state index contributed by atoms with van der Waals surface area (Å²) < 4.78 is 37.3. The number of hydrogen-bond donors (Lipinski definition) is 1. The van der Waals surface area contributed by atoms with E-state index in [2.05, 4.69) is 5.32 Å². The molecule has 11 heavy (non-hydrogen) atoms. The summed E-state index contributed by atoms with van der Waals surface area (Å²) in [5.74, 6) is -1.07. The van der Waals surface area contributed by atoms with Gasteiger partial charge in [0.05, 0.1) is 0 Å². The van der Waals surface area contributed by atoms with Crippen LogP contribution in [0.2, 0.25) is 0 Å². The molecular weight excluding hydrogens is 155 g/mol. The third-order valence-electron chi connectivity index (χ3n) is 1.46. The van der Waals surface area contributed by atoms with Crippen LogP contribution in [0.3, 0.4) is 0 Å². The molecule has 1 aliphatic rings. The van der Waals surface area contributed by atoms with Crippen molar-refractivity contribution in [1.29, 1.82) is 0 Å². The van der Waals surface area contributed by atoms with Gasteiger partial charge >= 0.3 is 0 Å². The lowest BCUT2D eigenvalue weighted by Crippen LogP contribution is -2.22. The van der Waals surface area contributed by atoms with Crippen LogP contribution in [0.4, 0.5) is 13.2 Å². The third kappa shape index (κ3) is 1.56. The zero-order valence-corrected chi connectivity index (χ0v) is 5.94. The summed E-state index contributed by atoms with van der Waals surface area (Å²) >= 11 is 0. The SMILES string of the molecule is CNC1=CC(F)C(F)C(F)=C1. The van der Waals surface area contributed by atoms with E-state index in [0.29, 0.717) is 0 Å². The highest BCUT2D eigenvalue weighted by molar-refractivity contribution is 5.28. The summed E-state index contributed by atoms with van der Waals surface area (Å²) in [5, 5.41) is 2.52. The Morgan fingerprint density at radius 1 is 1.45 bits per heavy atom. The standard InChI is InChI=1S/C7H8F3N/c1-11-4-2-5(8)7(10)6(9)3-4/h2-3,5,7,11H,1H3. The van der Waals surface area contributed by atoms with E-state index < -0.39 is 18.2 Å². The molecule has 0 aromatic heterocycles. The molecule has 62 valence electrons. The Morgan fingerprint density at radius 3 is 2.55 bits per heavy atom. The molecule has 2 atom stereocenters.